The van der Waals surface area contributed by atoms with E-state index in [1.165, 1.54) is 37.8 Å². The van der Waals surface area contributed by atoms with E-state index in [0.717, 1.165) is 36.9 Å². The van der Waals surface area contributed by atoms with Crippen molar-refractivity contribution in [2.45, 2.75) is 44.9 Å². The molecule has 0 saturated heterocycles. The Morgan fingerprint density at radius 2 is 1.71 bits per heavy atom. The largest absolute Gasteiger partial charge is 0.339 e. The number of hydrogen-bond donors (Lipinski definition) is 0. The van der Waals surface area contributed by atoms with Crippen LogP contribution in [0.4, 0.5) is 0 Å². The molecule has 24 heavy (non-hydrogen) atoms. The third kappa shape index (κ3) is 5.17. The van der Waals surface area contributed by atoms with Gasteiger partial charge in [0.15, 0.2) is 5.82 Å². The maximum Gasteiger partial charge on any atom is 0.226 e. The van der Waals surface area contributed by atoms with Crippen LogP contribution in [0.15, 0.2) is 34.9 Å². The lowest BCUT2D eigenvalue weighted by molar-refractivity contribution is 0.213. The molecule has 3 rings (SSSR count). The second kappa shape index (κ2) is 8.43. The molecule has 130 valence electrons. The highest BCUT2D eigenvalue weighted by molar-refractivity contribution is 5.15. The molecule has 0 spiro atoms. The van der Waals surface area contributed by atoms with Crippen LogP contribution in [0.25, 0.3) is 0 Å². The van der Waals surface area contributed by atoms with E-state index in [2.05, 4.69) is 53.4 Å². The Bertz CT molecular complexity index is 600. The fourth-order valence-electron chi connectivity index (χ4n) is 3.76. The average Bonchev–Trinajstić information content (AvgIpc) is 3.03. The Morgan fingerprint density at radius 3 is 2.42 bits per heavy atom. The molecule has 1 heterocycles. The summed E-state index contributed by atoms with van der Waals surface area (Å²) in [6.07, 6.45) is 8.02. The quantitative estimate of drug-likeness (QED) is 0.776. The molecule has 4 heteroatoms. The van der Waals surface area contributed by atoms with Crippen LogP contribution in [0.1, 0.15) is 43.0 Å². The molecule has 2 aromatic rings. The van der Waals surface area contributed by atoms with Gasteiger partial charge in [0.1, 0.15) is 0 Å². The van der Waals surface area contributed by atoms with Gasteiger partial charge in [0.2, 0.25) is 5.89 Å². The van der Waals surface area contributed by atoms with Crippen molar-refractivity contribution >= 4 is 0 Å². The highest BCUT2D eigenvalue weighted by atomic mass is 16.5. The third-order valence-corrected chi connectivity index (χ3v) is 5.04. The Hall–Kier alpha value is -1.68. The Kier molecular flexibility index (Phi) is 6.02. The van der Waals surface area contributed by atoms with Gasteiger partial charge in [-0.25, -0.2) is 0 Å². The maximum absolute atomic E-state index is 5.48. The van der Waals surface area contributed by atoms with E-state index < -0.39 is 0 Å². The van der Waals surface area contributed by atoms with Crippen LogP contribution in [-0.2, 0) is 19.3 Å². The number of nitrogens with zero attached hydrogens (tertiary/aromatic N) is 3. The van der Waals surface area contributed by atoms with E-state index in [4.69, 9.17) is 4.52 Å². The Balaban J connectivity index is 1.43. The van der Waals surface area contributed by atoms with Gasteiger partial charge in [0.25, 0.3) is 0 Å². The van der Waals surface area contributed by atoms with Crippen LogP contribution >= 0.6 is 0 Å². The fourth-order valence-corrected chi connectivity index (χ4v) is 3.76. The summed E-state index contributed by atoms with van der Waals surface area (Å²) >= 11 is 0. The van der Waals surface area contributed by atoms with Crippen molar-refractivity contribution in [3.8, 4) is 0 Å². The van der Waals surface area contributed by atoms with Crippen molar-refractivity contribution in [1.82, 2.24) is 15.0 Å². The van der Waals surface area contributed by atoms with Gasteiger partial charge in [-0.3, -0.25) is 0 Å². The number of benzene rings is 1. The second-order valence-electron chi connectivity index (χ2n) is 7.44. The number of aryl methyl sites for hydroxylation is 2. The highest BCUT2D eigenvalue weighted by Gasteiger charge is 2.23. The van der Waals surface area contributed by atoms with Crippen molar-refractivity contribution in [2.75, 3.05) is 20.6 Å². The molecule has 1 aliphatic carbocycles. The SMILES string of the molecule is CN(C)CC1CCC(Cc2nc(CCc3ccccc3)no2)CC1. The van der Waals surface area contributed by atoms with Gasteiger partial charge in [0, 0.05) is 19.4 Å². The normalized spacial score (nSPS) is 21.3. The van der Waals surface area contributed by atoms with Crippen LogP contribution in [0.3, 0.4) is 0 Å². The van der Waals surface area contributed by atoms with E-state index >= 15 is 0 Å². The molecule has 1 saturated carbocycles. The number of rotatable bonds is 7. The monoisotopic (exact) mass is 327 g/mol. The predicted octanol–water partition coefficient (Wildman–Crippen LogP) is 3.77. The minimum Gasteiger partial charge on any atom is -0.339 e. The van der Waals surface area contributed by atoms with Gasteiger partial charge in [-0.15, -0.1) is 0 Å². The molecule has 0 bridgehead atoms. The Morgan fingerprint density at radius 1 is 1.00 bits per heavy atom. The molecular formula is C20H29N3O. The van der Waals surface area contributed by atoms with E-state index in [9.17, 15) is 0 Å². The fraction of sp³-hybridized carbons (Fsp3) is 0.600. The number of aromatic nitrogens is 2. The molecule has 0 amide bonds. The van der Waals surface area contributed by atoms with E-state index in [1.807, 2.05) is 6.07 Å². The standard InChI is InChI=1S/C20H29N3O/c1-23(2)15-18-10-8-17(9-11-18)14-20-21-19(22-24-20)13-12-16-6-4-3-5-7-16/h3-7,17-18H,8-15H2,1-2H3. The van der Waals surface area contributed by atoms with E-state index in [-0.39, 0.29) is 0 Å². The lowest BCUT2D eigenvalue weighted by Gasteiger charge is -2.29. The predicted molar refractivity (Wildman–Crippen MR) is 95.9 cm³/mol. The summed E-state index contributed by atoms with van der Waals surface area (Å²) < 4.78 is 5.48. The van der Waals surface area contributed by atoms with Gasteiger partial charge >= 0.3 is 0 Å². The van der Waals surface area contributed by atoms with Crippen LogP contribution in [0, 0.1) is 11.8 Å². The zero-order valence-corrected chi connectivity index (χ0v) is 14.9. The first-order valence-electron chi connectivity index (χ1n) is 9.19. The second-order valence-corrected chi connectivity index (χ2v) is 7.44. The van der Waals surface area contributed by atoms with Crippen molar-refractivity contribution in [2.24, 2.45) is 11.8 Å². The maximum atomic E-state index is 5.48. The summed E-state index contributed by atoms with van der Waals surface area (Å²) in [5.41, 5.74) is 1.32. The van der Waals surface area contributed by atoms with Crippen molar-refractivity contribution < 1.29 is 4.52 Å². The van der Waals surface area contributed by atoms with Crippen LogP contribution in [0.5, 0.6) is 0 Å². The number of hydrogen-bond acceptors (Lipinski definition) is 4. The first-order chi connectivity index (χ1) is 11.7. The van der Waals surface area contributed by atoms with Crippen molar-refractivity contribution in [1.29, 1.82) is 0 Å². The molecule has 1 aromatic carbocycles. The average molecular weight is 327 g/mol. The van der Waals surface area contributed by atoms with Gasteiger partial charge in [-0.1, -0.05) is 35.5 Å². The summed E-state index contributed by atoms with van der Waals surface area (Å²) in [5.74, 6) is 3.25. The first kappa shape index (κ1) is 17.2. The molecule has 0 N–H and O–H groups in total. The summed E-state index contributed by atoms with van der Waals surface area (Å²) in [4.78, 5) is 6.91. The molecule has 4 nitrogen and oxygen atoms in total. The lowest BCUT2D eigenvalue weighted by Crippen LogP contribution is -2.26. The molecular weight excluding hydrogens is 298 g/mol. The molecule has 0 radical (unpaired) electrons. The minimum absolute atomic E-state index is 0.714. The van der Waals surface area contributed by atoms with Gasteiger partial charge in [-0.2, -0.15) is 4.98 Å². The lowest BCUT2D eigenvalue weighted by atomic mass is 9.80. The van der Waals surface area contributed by atoms with E-state index in [1.54, 1.807) is 0 Å². The summed E-state index contributed by atoms with van der Waals surface area (Å²) in [6, 6.07) is 10.5. The van der Waals surface area contributed by atoms with Gasteiger partial charge < -0.3 is 9.42 Å². The molecule has 1 aliphatic rings. The highest BCUT2D eigenvalue weighted by Crippen LogP contribution is 2.31. The Labute approximate surface area is 145 Å². The topological polar surface area (TPSA) is 42.2 Å². The molecule has 0 aliphatic heterocycles. The van der Waals surface area contributed by atoms with Gasteiger partial charge in [0.05, 0.1) is 0 Å². The molecule has 0 unspecified atom stereocenters. The van der Waals surface area contributed by atoms with Crippen LogP contribution < -0.4 is 0 Å². The summed E-state index contributed by atoms with van der Waals surface area (Å²) in [7, 11) is 4.34. The molecule has 0 atom stereocenters. The first-order valence-corrected chi connectivity index (χ1v) is 9.19. The summed E-state index contributed by atoms with van der Waals surface area (Å²) in [6.45, 7) is 1.22. The van der Waals surface area contributed by atoms with E-state index in [0.29, 0.717) is 5.92 Å². The zero-order chi connectivity index (χ0) is 16.8. The van der Waals surface area contributed by atoms with Crippen LogP contribution in [-0.4, -0.2) is 35.7 Å². The van der Waals surface area contributed by atoms with Crippen molar-refractivity contribution in [3.63, 3.8) is 0 Å². The summed E-state index contributed by atoms with van der Waals surface area (Å²) in [5, 5.41) is 4.16. The van der Waals surface area contributed by atoms with Gasteiger partial charge in [-0.05, 0) is 63.6 Å². The smallest absolute Gasteiger partial charge is 0.226 e. The zero-order valence-electron chi connectivity index (χ0n) is 14.9. The third-order valence-electron chi connectivity index (χ3n) is 5.04. The van der Waals surface area contributed by atoms with Crippen LogP contribution in [0.2, 0.25) is 0 Å². The van der Waals surface area contributed by atoms with Crippen molar-refractivity contribution in [3.05, 3.63) is 47.6 Å². The molecule has 1 aromatic heterocycles. The molecule has 1 fully saturated rings. The minimum atomic E-state index is 0.714.